The molecule has 25 heavy (non-hydrogen) atoms. The average Bonchev–Trinajstić information content (AvgIpc) is 3.15. The Hall–Kier alpha value is -1.79. The van der Waals surface area contributed by atoms with Crippen LogP contribution < -0.4 is 5.32 Å². The lowest BCUT2D eigenvalue weighted by Crippen LogP contribution is -2.41. The number of aromatic nitrogens is 2. The molecule has 0 radical (unpaired) electrons. The van der Waals surface area contributed by atoms with Crippen LogP contribution >= 0.6 is 11.3 Å². The fraction of sp³-hybridized carbons (Fsp3) is 0.526. The Morgan fingerprint density at radius 2 is 2.00 bits per heavy atom. The van der Waals surface area contributed by atoms with E-state index < -0.39 is 0 Å². The van der Waals surface area contributed by atoms with E-state index in [4.69, 9.17) is 0 Å². The Morgan fingerprint density at radius 3 is 2.72 bits per heavy atom. The maximum Gasteiger partial charge on any atom is 0.220 e. The highest BCUT2D eigenvalue weighted by Gasteiger charge is 2.31. The van der Waals surface area contributed by atoms with Gasteiger partial charge < -0.3 is 10.4 Å². The highest BCUT2D eigenvalue weighted by Crippen LogP contribution is 2.35. The van der Waals surface area contributed by atoms with Gasteiger partial charge in [0.05, 0.1) is 12.3 Å². The van der Waals surface area contributed by atoms with Crippen LogP contribution in [0.2, 0.25) is 0 Å². The zero-order valence-electron chi connectivity index (χ0n) is 14.4. The van der Waals surface area contributed by atoms with E-state index in [0.717, 1.165) is 41.9 Å². The summed E-state index contributed by atoms with van der Waals surface area (Å²) >= 11 is 1.59. The quantitative estimate of drug-likeness (QED) is 0.796. The monoisotopic (exact) mass is 359 g/mol. The summed E-state index contributed by atoms with van der Waals surface area (Å²) in [5, 5.41) is 15.7. The second-order valence-electron chi connectivity index (χ2n) is 6.88. The molecule has 1 amide bonds. The molecule has 3 rings (SSSR count). The van der Waals surface area contributed by atoms with E-state index in [9.17, 15) is 9.90 Å². The number of hydrogen-bond acceptors (Lipinski definition) is 5. The first-order valence-electron chi connectivity index (χ1n) is 8.93. The third-order valence-electron chi connectivity index (χ3n) is 5.00. The Morgan fingerprint density at radius 1 is 1.24 bits per heavy atom. The first kappa shape index (κ1) is 18.0. The number of aliphatic hydroxyl groups is 1. The summed E-state index contributed by atoms with van der Waals surface area (Å²) < 4.78 is 0. The highest BCUT2D eigenvalue weighted by molar-refractivity contribution is 7.13. The summed E-state index contributed by atoms with van der Waals surface area (Å²) in [6, 6.07) is 3.88. The van der Waals surface area contributed by atoms with Crippen LogP contribution in [0.3, 0.4) is 0 Å². The SMILES string of the molecule is O=C(CCc1csc(-c2ccncc2)n1)NCC1(CO)CCCCC1. The summed E-state index contributed by atoms with van der Waals surface area (Å²) in [6.45, 7) is 0.746. The number of carbonyl (C=O) groups excluding carboxylic acids is 1. The van der Waals surface area contributed by atoms with Crippen LogP contribution in [0.15, 0.2) is 29.9 Å². The van der Waals surface area contributed by atoms with Gasteiger partial charge in [0.25, 0.3) is 0 Å². The molecule has 0 saturated heterocycles. The van der Waals surface area contributed by atoms with Gasteiger partial charge in [0.1, 0.15) is 5.01 Å². The maximum absolute atomic E-state index is 12.2. The molecule has 0 aromatic carbocycles. The molecule has 0 spiro atoms. The minimum absolute atomic E-state index is 0.0388. The molecule has 0 unspecified atom stereocenters. The van der Waals surface area contributed by atoms with Gasteiger partial charge in [-0.1, -0.05) is 19.3 Å². The molecule has 0 bridgehead atoms. The van der Waals surface area contributed by atoms with Crippen molar-refractivity contribution in [2.24, 2.45) is 5.41 Å². The molecule has 0 atom stereocenters. The molecule has 5 nitrogen and oxygen atoms in total. The number of aliphatic hydroxyl groups excluding tert-OH is 1. The Labute approximate surface area is 152 Å². The molecular formula is C19H25N3O2S. The highest BCUT2D eigenvalue weighted by atomic mass is 32.1. The van der Waals surface area contributed by atoms with Crippen molar-refractivity contribution in [3.8, 4) is 10.6 Å². The van der Waals surface area contributed by atoms with Gasteiger partial charge in [-0.05, 0) is 31.4 Å². The summed E-state index contributed by atoms with van der Waals surface area (Å²) in [7, 11) is 0. The summed E-state index contributed by atoms with van der Waals surface area (Å²) in [6.07, 6.45) is 10.1. The molecule has 2 N–H and O–H groups in total. The first-order chi connectivity index (χ1) is 12.2. The number of aryl methyl sites for hydroxylation is 1. The topological polar surface area (TPSA) is 75.1 Å². The maximum atomic E-state index is 12.2. The van der Waals surface area contributed by atoms with Crippen LogP contribution in [0.4, 0.5) is 0 Å². The van der Waals surface area contributed by atoms with E-state index in [1.807, 2.05) is 17.5 Å². The van der Waals surface area contributed by atoms with Gasteiger partial charge in [-0.2, -0.15) is 0 Å². The molecule has 2 heterocycles. The van der Waals surface area contributed by atoms with Gasteiger partial charge in [-0.25, -0.2) is 4.98 Å². The second kappa shape index (κ2) is 8.54. The van der Waals surface area contributed by atoms with Crippen LogP contribution in [0.25, 0.3) is 10.6 Å². The fourth-order valence-corrected chi connectivity index (χ4v) is 4.22. The number of nitrogens with zero attached hydrogens (tertiary/aromatic N) is 2. The zero-order valence-corrected chi connectivity index (χ0v) is 15.2. The van der Waals surface area contributed by atoms with E-state index in [-0.39, 0.29) is 17.9 Å². The molecule has 1 saturated carbocycles. The van der Waals surface area contributed by atoms with E-state index in [1.54, 1.807) is 23.7 Å². The number of carbonyl (C=O) groups is 1. The summed E-state index contributed by atoms with van der Waals surface area (Å²) in [5.74, 6) is 0.0388. The first-order valence-corrected chi connectivity index (χ1v) is 9.81. The molecule has 0 aliphatic heterocycles. The van der Waals surface area contributed by atoms with Crippen molar-refractivity contribution >= 4 is 17.2 Å². The summed E-state index contributed by atoms with van der Waals surface area (Å²) in [5.41, 5.74) is 1.89. The van der Waals surface area contributed by atoms with Crippen molar-refractivity contribution in [1.29, 1.82) is 0 Å². The van der Waals surface area contributed by atoms with Gasteiger partial charge in [-0.15, -0.1) is 11.3 Å². The van der Waals surface area contributed by atoms with E-state index in [1.165, 1.54) is 6.42 Å². The lowest BCUT2D eigenvalue weighted by Gasteiger charge is -2.35. The van der Waals surface area contributed by atoms with Crippen LogP contribution in [0.1, 0.15) is 44.2 Å². The molecule has 2 aromatic rings. The lowest BCUT2D eigenvalue weighted by atomic mass is 9.74. The van der Waals surface area contributed by atoms with Gasteiger partial charge in [0.15, 0.2) is 0 Å². The van der Waals surface area contributed by atoms with Crippen molar-refractivity contribution in [1.82, 2.24) is 15.3 Å². The molecule has 2 aromatic heterocycles. The predicted octanol–water partition coefficient (Wildman–Crippen LogP) is 3.20. The van der Waals surface area contributed by atoms with Gasteiger partial charge in [0.2, 0.25) is 5.91 Å². The third kappa shape index (κ3) is 4.86. The van der Waals surface area contributed by atoms with Crippen molar-refractivity contribution in [2.75, 3.05) is 13.2 Å². The van der Waals surface area contributed by atoms with Crippen LogP contribution in [0, 0.1) is 5.41 Å². The Bertz CT molecular complexity index is 681. The largest absolute Gasteiger partial charge is 0.396 e. The molecule has 1 fully saturated rings. The molecular weight excluding hydrogens is 334 g/mol. The van der Waals surface area contributed by atoms with Crippen molar-refractivity contribution < 1.29 is 9.90 Å². The third-order valence-corrected chi connectivity index (χ3v) is 5.94. The Balaban J connectivity index is 1.47. The smallest absolute Gasteiger partial charge is 0.220 e. The van der Waals surface area contributed by atoms with Crippen molar-refractivity contribution in [2.45, 2.75) is 44.9 Å². The number of rotatable bonds is 7. The number of nitrogens with one attached hydrogen (secondary N) is 1. The normalized spacial score (nSPS) is 16.5. The van der Waals surface area contributed by atoms with E-state index in [0.29, 0.717) is 19.4 Å². The van der Waals surface area contributed by atoms with Crippen molar-refractivity contribution in [3.05, 3.63) is 35.6 Å². The average molecular weight is 359 g/mol. The molecule has 6 heteroatoms. The van der Waals surface area contributed by atoms with E-state index >= 15 is 0 Å². The zero-order chi connectivity index (χ0) is 17.5. The van der Waals surface area contributed by atoms with Crippen LogP contribution in [-0.2, 0) is 11.2 Å². The lowest BCUT2D eigenvalue weighted by molar-refractivity contribution is -0.121. The van der Waals surface area contributed by atoms with E-state index in [2.05, 4.69) is 15.3 Å². The number of amides is 1. The number of pyridine rings is 1. The van der Waals surface area contributed by atoms with Gasteiger partial charge >= 0.3 is 0 Å². The predicted molar refractivity (Wildman–Crippen MR) is 99.3 cm³/mol. The van der Waals surface area contributed by atoms with Crippen LogP contribution in [0.5, 0.6) is 0 Å². The minimum atomic E-state index is -0.108. The minimum Gasteiger partial charge on any atom is -0.396 e. The molecule has 1 aliphatic carbocycles. The number of thiazole rings is 1. The standard InChI is InChI=1S/C19H25N3O2S/c23-14-19(8-2-1-3-9-19)13-21-17(24)5-4-16-12-25-18(22-16)15-6-10-20-11-7-15/h6-7,10-12,23H,1-5,8-9,13-14H2,(H,21,24). The van der Waals surface area contributed by atoms with Crippen molar-refractivity contribution in [3.63, 3.8) is 0 Å². The number of hydrogen-bond donors (Lipinski definition) is 2. The van der Waals surface area contributed by atoms with Crippen LogP contribution in [-0.4, -0.2) is 34.1 Å². The fourth-order valence-electron chi connectivity index (χ4n) is 3.36. The Kier molecular flexibility index (Phi) is 6.15. The van der Waals surface area contributed by atoms with Gasteiger partial charge in [-0.3, -0.25) is 9.78 Å². The summed E-state index contributed by atoms with van der Waals surface area (Å²) in [4.78, 5) is 20.8. The van der Waals surface area contributed by atoms with Gasteiger partial charge in [0, 0.05) is 41.7 Å². The molecule has 1 aliphatic rings. The second-order valence-corrected chi connectivity index (χ2v) is 7.73. The molecule has 134 valence electrons.